The molecule has 0 saturated carbocycles. The molecule has 4 nitrogen and oxygen atoms in total. The van der Waals surface area contributed by atoms with E-state index < -0.39 is 0 Å². The summed E-state index contributed by atoms with van der Waals surface area (Å²) in [4.78, 5) is 14.9. The SMILES string of the molecule is Brc1cccc2c(-c3nc4oc5cc(-c6cccc7ccccc67)ccc5c4nc3-c3ccccn3)cccc12. The fourth-order valence-electron chi connectivity index (χ4n) is 5.57. The van der Waals surface area contributed by atoms with Gasteiger partial charge < -0.3 is 4.42 Å². The van der Waals surface area contributed by atoms with Gasteiger partial charge in [0, 0.05) is 21.6 Å². The molecular weight excluding hydrogens is 558 g/mol. The minimum absolute atomic E-state index is 0.506. The topological polar surface area (TPSA) is 51.8 Å². The van der Waals surface area contributed by atoms with Gasteiger partial charge in [0.05, 0.1) is 5.69 Å². The second-order valence-corrected chi connectivity index (χ2v) is 10.6. The number of rotatable bonds is 3. The quantitative estimate of drug-likeness (QED) is 0.209. The highest BCUT2D eigenvalue weighted by Crippen LogP contribution is 2.39. The summed E-state index contributed by atoms with van der Waals surface area (Å²) in [6.45, 7) is 0. The summed E-state index contributed by atoms with van der Waals surface area (Å²) in [6, 6.07) is 39.4. The van der Waals surface area contributed by atoms with E-state index in [0.29, 0.717) is 5.71 Å². The van der Waals surface area contributed by atoms with Gasteiger partial charge in [0.2, 0.25) is 5.71 Å². The van der Waals surface area contributed by atoms with Gasteiger partial charge in [-0.25, -0.2) is 9.97 Å². The van der Waals surface area contributed by atoms with Crippen molar-refractivity contribution >= 4 is 59.7 Å². The molecule has 0 aliphatic heterocycles. The summed E-state index contributed by atoms with van der Waals surface area (Å²) < 4.78 is 7.44. The standard InChI is InChI=1S/C35H20BrN3O/c36-29-15-7-12-25-26(29)13-6-14-27(25)32-34(30-16-3-4-19-37-30)38-33-28-18-17-22(20-31(28)40-35(33)39-32)24-11-5-9-21-8-1-2-10-23(21)24/h1-20H. The lowest BCUT2D eigenvalue weighted by atomic mass is 9.97. The molecule has 0 aliphatic carbocycles. The van der Waals surface area contributed by atoms with E-state index in [9.17, 15) is 0 Å². The number of hydrogen-bond acceptors (Lipinski definition) is 4. The number of furan rings is 1. The molecule has 0 spiro atoms. The van der Waals surface area contributed by atoms with Crippen molar-refractivity contribution in [1.82, 2.24) is 15.0 Å². The van der Waals surface area contributed by atoms with Crippen LogP contribution in [0.2, 0.25) is 0 Å². The first-order chi connectivity index (χ1) is 19.7. The first kappa shape index (κ1) is 23.1. The van der Waals surface area contributed by atoms with Gasteiger partial charge in [0.1, 0.15) is 22.5 Å². The second kappa shape index (κ2) is 9.11. The molecular formula is C35H20BrN3O. The Hall–Kier alpha value is -4.87. The lowest BCUT2D eigenvalue weighted by molar-refractivity contribution is 0.654. The Balaban J connectivity index is 1.39. The van der Waals surface area contributed by atoms with Crippen LogP contribution in [-0.4, -0.2) is 15.0 Å². The number of fused-ring (bicyclic) bond motifs is 5. The number of hydrogen-bond donors (Lipinski definition) is 0. The van der Waals surface area contributed by atoms with Gasteiger partial charge in [0.25, 0.3) is 0 Å². The van der Waals surface area contributed by atoms with E-state index in [1.807, 2.05) is 36.4 Å². The van der Waals surface area contributed by atoms with Crippen LogP contribution in [0, 0.1) is 0 Å². The van der Waals surface area contributed by atoms with E-state index in [0.717, 1.165) is 65.5 Å². The first-order valence-electron chi connectivity index (χ1n) is 13.1. The highest BCUT2D eigenvalue weighted by molar-refractivity contribution is 9.10. The summed E-state index contributed by atoms with van der Waals surface area (Å²) in [5, 5.41) is 5.53. The molecule has 0 radical (unpaired) electrons. The molecule has 0 atom stereocenters. The van der Waals surface area contributed by atoms with E-state index >= 15 is 0 Å². The third kappa shape index (κ3) is 3.63. The van der Waals surface area contributed by atoms with Gasteiger partial charge in [-0.1, -0.05) is 101 Å². The van der Waals surface area contributed by atoms with Gasteiger partial charge in [-0.3, -0.25) is 4.98 Å². The molecule has 0 aliphatic rings. The zero-order valence-electron chi connectivity index (χ0n) is 21.2. The minimum atomic E-state index is 0.506. The summed E-state index contributed by atoms with van der Waals surface area (Å²) >= 11 is 3.70. The summed E-state index contributed by atoms with van der Waals surface area (Å²) in [7, 11) is 0. The number of benzene rings is 5. The highest BCUT2D eigenvalue weighted by Gasteiger charge is 2.20. The van der Waals surface area contributed by atoms with Crippen molar-refractivity contribution in [3.63, 3.8) is 0 Å². The maximum Gasteiger partial charge on any atom is 0.246 e. The average molecular weight is 578 g/mol. The molecule has 8 aromatic rings. The minimum Gasteiger partial charge on any atom is -0.436 e. The number of pyridine rings is 1. The summed E-state index contributed by atoms with van der Waals surface area (Å²) in [6.07, 6.45) is 1.79. The van der Waals surface area contributed by atoms with Crippen LogP contribution in [0.25, 0.3) is 77.5 Å². The molecule has 8 rings (SSSR count). The normalized spacial score (nSPS) is 11.6. The number of nitrogens with zero attached hydrogens (tertiary/aromatic N) is 3. The molecule has 40 heavy (non-hydrogen) atoms. The van der Waals surface area contributed by atoms with Crippen molar-refractivity contribution in [2.24, 2.45) is 0 Å². The molecule has 3 heterocycles. The predicted octanol–water partition coefficient (Wildman–Crippen LogP) is 9.84. The third-order valence-electron chi connectivity index (χ3n) is 7.44. The van der Waals surface area contributed by atoms with Crippen LogP contribution in [0.3, 0.4) is 0 Å². The van der Waals surface area contributed by atoms with Gasteiger partial charge in [-0.05, 0) is 63.0 Å². The maximum atomic E-state index is 6.41. The van der Waals surface area contributed by atoms with Gasteiger partial charge in [-0.2, -0.15) is 0 Å². The highest BCUT2D eigenvalue weighted by atomic mass is 79.9. The average Bonchev–Trinajstić information content (AvgIpc) is 3.37. The molecule has 188 valence electrons. The fraction of sp³-hybridized carbons (Fsp3) is 0. The summed E-state index contributed by atoms with van der Waals surface area (Å²) in [5.74, 6) is 0. The zero-order valence-corrected chi connectivity index (χ0v) is 22.8. The van der Waals surface area contributed by atoms with Gasteiger partial charge in [0.15, 0.2) is 0 Å². The Morgan fingerprint density at radius 1 is 0.575 bits per heavy atom. The fourth-order valence-corrected chi connectivity index (χ4v) is 6.06. The predicted molar refractivity (Wildman–Crippen MR) is 166 cm³/mol. The molecule has 3 aromatic heterocycles. The Kier molecular flexibility index (Phi) is 5.25. The molecule has 0 amide bonds. The molecule has 0 unspecified atom stereocenters. The van der Waals surface area contributed by atoms with Crippen LogP contribution in [0.5, 0.6) is 0 Å². The molecule has 0 bridgehead atoms. The molecule has 0 saturated heterocycles. The zero-order chi connectivity index (χ0) is 26.6. The van der Waals surface area contributed by atoms with Crippen LogP contribution in [0.4, 0.5) is 0 Å². The Morgan fingerprint density at radius 3 is 2.27 bits per heavy atom. The largest absolute Gasteiger partial charge is 0.436 e. The Morgan fingerprint density at radius 2 is 1.35 bits per heavy atom. The van der Waals surface area contributed by atoms with Crippen molar-refractivity contribution in [2.45, 2.75) is 0 Å². The number of aromatic nitrogens is 3. The van der Waals surface area contributed by atoms with E-state index in [1.54, 1.807) is 6.20 Å². The van der Waals surface area contributed by atoms with E-state index in [-0.39, 0.29) is 0 Å². The van der Waals surface area contributed by atoms with Crippen molar-refractivity contribution < 1.29 is 4.42 Å². The van der Waals surface area contributed by atoms with Crippen LogP contribution in [0.15, 0.2) is 130 Å². The van der Waals surface area contributed by atoms with Crippen LogP contribution >= 0.6 is 15.9 Å². The van der Waals surface area contributed by atoms with Crippen molar-refractivity contribution in [3.8, 4) is 33.8 Å². The van der Waals surface area contributed by atoms with Gasteiger partial charge in [-0.15, -0.1) is 0 Å². The van der Waals surface area contributed by atoms with Crippen molar-refractivity contribution in [3.05, 3.63) is 126 Å². The lowest BCUT2D eigenvalue weighted by Gasteiger charge is -2.11. The Labute approximate surface area is 238 Å². The molecule has 0 fully saturated rings. The van der Waals surface area contributed by atoms with Crippen molar-refractivity contribution in [2.75, 3.05) is 0 Å². The summed E-state index contributed by atoms with van der Waals surface area (Å²) in [5.41, 5.74) is 7.45. The van der Waals surface area contributed by atoms with E-state index in [1.165, 1.54) is 10.8 Å². The van der Waals surface area contributed by atoms with Gasteiger partial charge >= 0.3 is 0 Å². The third-order valence-corrected chi connectivity index (χ3v) is 8.13. The first-order valence-corrected chi connectivity index (χ1v) is 13.9. The maximum absolute atomic E-state index is 6.41. The van der Waals surface area contributed by atoms with E-state index in [2.05, 4.69) is 99.8 Å². The Bertz CT molecular complexity index is 2230. The monoisotopic (exact) mass is 577 g/mol. The number of halogens is 1. The lowest BCUT2D eigenvalue weighted by Crippen LogP contribution is -1.96. The smallest absolute Gasteiger partial charge is 0.246 e. The van der Waals surface area contributed by atoms with Crippen LogP contribution < -0.4 is 0 Å². The molecule has 5 aromatic carbocycles. The van der Waals surface area contributed by atoms with Crippen LogP contribution in [-0.2, 0) is 0 Å². The van der Waals surface area contributed by atoms with Crippen LogP contribution in [0.1, 0.15) is 0 Å². The van der Waals surface area contributed by atoms with E-state index in [4.69, 9.17) is 14.4 Å². The molecule has 5 heteroatoms. The van der Waals surface area contributed by atoms with Crippen molar-refractivity contribution in [1.29, 1.82) is 0 Å². The molecule has 0 N–H and O–H groups in total. The second-order valence-electron chi connectivity index (χ2n) is 9.77.